The smallest absolute Gasteiger partial charge is 0.281 e. The largest absolute Gasteiger partial charge is 0.526 e. The number of pyridine rings is 1. The number of benzene rings is 2. The molecule has 2 aromatic heterocycles. The summed E-state index contributed by atoms with van der Waals surface area (Å²) >= 11 is 0. The molecule has 0 fully saturated rings. The molecule has 4 aromatic rings. The van der Waals surface area contributed by atoms with E-state index in [0.29, 0.717) is 0 Å². The predicted molar refractivity (Wildman–Crippen MR) is 92.7 cm³/mol. The molecule has 3 heterocycles. The van der Waals surface area contributed by atoms with Gasteiger partial charge < -0.3 is 4.43 Å². The van der Waals surface area contributed by atoms with Crippen molar-refractivity contribution in [2.75, 3.05) is 0 Å². The van der Waals surface area contributed by atoms with E-state index in [1.165, 1.54) is 26.9 Å². The van der Waals surface area contributed by atoms with Gasteiger partial charge in [0.15, 0.2) is 0 Å². The second-order valence-corrected chi connectivity index (χ2v) is 10.3. The maximum Gasteiger partial charge on any atom is 0.281 e. The van der Waals surface area contributed by atoms with Crippen molar-refractivity contribution in [3.63, 3.8) is 0 Å². The van der Waals surface area contributed by atoms with Crippen LogP contribution in [0.15, 0.2) is 42.5 Å². The normalized spacial score (nSPS) is 15.8. The zero-order valence-corrected chi connectivity index (χ0v) is 13.8. The summed E-state index contributed by atoms with van der Waals surface area (Å²) in [4.78, 5) is 4.82. The number of hydrogen-bond donors (Lipinski definition) is 0. The highest BCUT2D eigenvalue weighted by atomic mass is 28.4. The van der Waals surface area contributed by atoms with Gasteiger partial charge in [0.2, 0.25) is 5.88 Å². The van der Waals surface area contributed by atoms with Gasteiger partial charge in [0.25, 0.3) is 8.32 Å². The number of aromatic nitrogens is 2. The van der Waals surface area contributed by atoms with Gasteiger partial charge in [0.05, 0.1) is 11.2 Å². The van der Waals surface area contributed by atoms with E-state index in [2.05, 4.69) is 60.0 Å². The molecule has 0 N–H and O–H groups in total. The Morgan fingerprint density at radius 1 is 0.955 bits per heavy atom. The van der Waals surface area contributed by atoms with E-state index in [-0.39, 0.29) is 0 Å². The fourth-order valence-electron chi connectivity index (χ4n) is 3.72. The Kier molecular flexibility index (Phi) is 2.06. The maximum atomic E-state index is 6.44. The van der Waals surface area contributed by atoms with Crippen LogP contribution in [0, 0.1) is 6.92 Å². The highest BCUT2D eigenvalue weighted by Gasteiger charge is 2.36. The van der Waals surface area contributed by atoms with Crippen LogP contribution in [0.2, 0.25) is 13.1 Å². The van der Waals surface area contributed by atoms with Crippen LogP contribution < -0.4 is 9.61 Å². The Labute approximate surface area is 129 Å². The summed E-state index contributed by atoms with van der Waals surface area (Å²) in [5, 5.41) is 5.11. The first-order valence-corrected chi connectivity index (χ1v) is 10.5. The van der Waals surface area contributed by atoms with E-state index < -0.39 is 8.32 Å². The van der Waals surface area contributed by atoms with Crippen LogP contribution >= 0.6 is 0 Å². The molecule has 5 rings (SSSR count). The number of aryl methyl sites for hydroxylation is 1. The topological polar surface area (TPSA) is 26.5 Å². The van der Waals surface area contributed by atoms with Gasteiger partial charge in [-0.05, 0) is 25.4 Å². The van der Waals surface area contributed by atoms with E-state index >= 15 is 0 Å². The zero-order valence-electron chi connectivity index (χ0n) is 12.8. The van der Waals surface area contributed by atoms with E-state index in [1.807, 2.05) is 6.92 Å². The Bertz CT molecular complexity index is 1090. The van der Waals surface area contributed by atoms with Crippen molar-refractivity contribution in [3.05, 3.63) is 48.2 Å². The van der Waals surface area contributed by atoms with Crippen molar-refractivity contribution in [3.8, 4) is 5.88 Å². The van der Waals surface area contributed by atoms with Crippen LogP contribution in [-0.2, 0) is 0 Å². The predicted octanol–water partition coefficient (Wildman–Crippen LogP) is 3.75. The Balaban J connectivity index is 2.22. The third-order valence-electron chi connectivity index (χ3n) is 4.72. The van der Waals surface area contributed by atoms with Gasteiger partial charge in [-0.1, -0.05) is 42.5 Å². The van der Waals surface area contributed by atoms with Crippen molar-refractivity contribution in [1.29, 1.82) is 0 Å². The van der Waals surface area contributed by atoms with Gasteiger partial charge in [-0.15, -0.1) is 0 Å². The van der Waals surface area contributed by atoms with E-state index in [9.17, 15) is 0 Å². The van der Waals surface area contributed by atoms with Crippen molar-refractivity contribution in [1.82, 2.24) is 9.38 Å². The molecule has 22 heavy (non-hydrogen) atoms. The first kappa shape index (κ1) is 12.2. The maximum absolute atomic E-state index is 6.44. The summed E-state index contributed by atoms with van der Waals surface area (Å²) in [6.45, 7) is 6.57. The van der Waals surface area contributed by atoms with Gasteiger partial charge in [-0.2, -0.15) is 0 Å². The molecule has 0 spiro atoms. The molecule has 0 bridgehead atoms. The Hall–Kier alpha value is -2.33. The summed E-state index contributed by atoms with van der Waals surface area (Å²) < 4.78 is 8.66. The lowest BCUT2D eigenvalue weighted by Crippen LogP contribution is -2.51. The Morgan fingerprint density at radius 3 is 2.50 bits per heavy atom. The fraction of sp³-hybridized carbons (Fsp3) is 0.167. The second-order valence-electron chi connectivity index (χ2n) is 6.52. The number of nitrogens with zero attached hydrogens (tertiary/aromatic N) is 2. The van der Waals surface area contributed by atoms with Crippen LogP contribution in [0.3, 0.4) is 0 Å². The van der Waals surface area contributed by atoms with Gasteiger partial charge in [-0.3, -0.25) is 4.40 Å². The summed E-state index contributed by atoms with van der Waals surface area (Å²) in [6.07, 6.45) is 0. The summed E-state index contributed by atoms with van der Waals surface area (Å²) in [5.74, 6) is 0.932. The Morgan fingerprint density at radius 2 is 1.68 bits per heavy atom. The van der Waals surface area contributed by atoms with Crippen LogP contribution in [0.1, 0.15) is 5.69 Å². The van der Waals surface area contributed by atoms with Crippen LogP contribution in [0.25, 0.3) is 27.3 Å². The molecule has 0 radical (unpaired) electrons. The number of imidazole rings is 1. The molecule has 1 aliphatic rings. The number of rotatable bonds is 0. The summed E-state index contributed by atoms with van der Waals surface area (Å²) in [6, 6.07) is 15.1. The average molecular weight is 304 g/mol. The van der Waals surface area contributed by atoms with Gasteiger partial charge in [0.1, 0.15) is 5.65 Å². The molecule has 108 valence electrons. The van der Waals surface area contributed by atoms with E-state index in [4.69, 9.17) is 9.41 Å². The van der Waals surface area contributed by atoms with Gasteiger partial charge >= 0.3 is 0 Å². The van der Waals surface area contributed by atoms with Gasteiger partial charge in [-0.25, -0.2) is 4.98 Å². The molecule has 0 saturated heterocycles. The van der Waals surface area contributed by atoms with Crippen LogP contribution in [0.5, 0.6) is 5.88 Å². The van der Waals surface area contributed by atoms with Crippen LogP contribution in [0.4, 0.5) is 0 Å². The molecule has 0 unspecified atom stereocenters. The van der Waals surface area contributed by atoms with Crippen molar-refractivity contribution in [2.45, 2.75) is 20.0 Å². The standard InChI is InChI=1S/C18H16N2OSi/c1-11-18-20-16-13(9-6-10-15(16)22(2,3)21-18)12-7-4-5-8-14(12)17(20)19-11/h4-10H,1-3H3. The zero-order chi connectivity index (χ0) is 15.1. The molecule has 1 aliphatic heterocycles. The SMILES string of the molecule is Cc1nc2c3ccccc3c3cccc4c3n2c1O[Si]4(C)C. The van der Waals surface area contributed by atoms with E-state index in [0.717, 1.165) is 17.2 Å². The molecule has 4 heteroatoms. The molecule has 0 saturated carbocycles. The minimum Gasteiger partial charge on any atom is -0.526 e. The lowest BCUT2D eigenvalue weighted by atomic mass is 10.1. The lowest BCUT2D eigenvalue weighted by Gasteiger charge is -2.31. The second kappa shape index (κ2) is 3.70. The molecule has 0 amide bonds. The van der Waals surface area contributed by atoms with E-state index in [1.54, 1.807) is 0 Å². The number of para-hydroxylation sites is 1. The summed E-state index contributed by atoms with van der Waals surface area (Å²) in [7, 11) is -1.96. The monoisotopic (exact) mass is 304 g/mol. The molecular formula is C18H16N2OSi. The minimum absolute atomic E-state index is 0.932. The van der Waals surface area contributed by atoms with Gasteiger partial charge in [0, 0.05) is 16.0 Å². The minimum atomic E-state index is -1.96. The third kappa shape index (κ3) is 1.29. The highest BCUT2D eigenvalue weighted by molar-refractivity contribution is 6.87. The van der Waals surface area contributed by atoms with Crippen LogP contribution in [-0.4, -0.2) is 17.7 Å². The molecular weight excluding hydrogens is 288 g/mol. The molecule has 2 aromatic carbocycles. The molecule has 3 nitrogen and oxygen atoms in total. The average Bonchev–Trinajstić information content (AvgIpc) is 2.84. The first-order valence-electron chi connectivity index (χ1n) is 7.60. The third-order valence-corrected chi connectivity index (χ3v) is 7.12. The first-order chi connectivity index (χ1) is 10.6. The number of fused-ring (bicyclic) bond motifs is 3. The van der Waals surface area contributed by atoms with Crippen molar-refractivity contribution < 1.29 is 4.43 Å². The lowest BCUT2D eigenvalue weighted by molar-refractivity contribution is 0.527. The van der Waals surface area contributed by atoms with Crippen molar-refractivity contribution in [2.24, 2.45) is 0 Å². The summed E-state index contributed by atoms with van der Waals surface area (Å²) in [5.41, 5.74) is 3.27. The number of hydrogen-bond acceptors (Lipinski definition) is 2. The fourth-order valence-corrected chi connectivity index (χ4v) is 5.87. The quantitative estimate of drug-likeness (QED) is 0.365. The van der Waals surface area contributed by atoms with Crippen molar-refractivity contribution >= 4 is 40.8 Å². The molecule has 0 aliphatic carbocycles. The highest BCUT2D eigenvalue weighted by Crippen LogP contribution is 2.37. The molecule has 0 atom stereocenters.